The first kappa shape index (κ1) is 15.3. The summed E-state index contributed by atoms with van der Waals surface area (Å²) < 4.78 is 10.5. The van der Waals surface area contributed by atoms with Crippen LogP contribution in [0, 0.1) is 0 Å². The first-order valence-corrected chi connectivity index (χ1v) is 6.36. The lowest BCUT2D eigenvalue weighted by molar-refractivity contribution is -0.117. The van der Waals surface area contributed by atoms with Gasteiger partial charge in [-0.05, 0) is 24.1 Å². The minimum Gasteiger partial charge on any atom is -0.493 e. The summed E-state index contributed by atoms with van der Waals surface area (Å²) in [5.41, 5.74) is 6.23. The number of amides is 1. The fourth-order valence-corrected chi connectivity index (χ4v) is 1.94. The fourth-order valence-electron chi connectivity index (χ4n) is 1.94. The monoisotopic (exact) mass is 266 g/mol. The molecule has 19 heavy (non-hydrogen) atoms. The molecule has 1 atom stereocenters. The molecule has 1 aromatic carbocycles. The van der Waals surface area contributed by atoms with Gasteiger partial charge in [-0.15, -0.1) is 0 Å². The van der Waals surface area contributed by atoms with Gasteiger partial charge in [0.25, 0.3) is 0 Å². The van der Waals surface area contributed by atoms with E-state index in [0.717, 1.165) is 12.0 Å². The van der Waals surface area contributed by atoms with E-state index >= 15 is 0 Å². The summed E-state index contributed by atoms with van der Waals surface area (Å²) in [6, 6.07) is 5.99. The second-order valence-electron chi connectivity index (χ2n) is 4.25. The van der Waals surface area contributed by atoms with E-state index in [1.165, 1.54) is 0 Å². The summed E-state index contributed by atoms with van der Waals surface area (Å²) in [5.74, 6) is 1.11. The third-order valence-corrected chi connectivity index (χ3v) is 2.98. The van der Waals surface area contributed by atoms with E-state index in [1.807, 2.05) is 18.2 Å². The molecule has 1 amide bonds. The molecule has 0 heterocycles. The van der Waals surface area contributed by atoms with Gasteiger partial charge in [0.05, 0.1) is 14.2 Å². The molecule has 0 saturated carbocycles. The highest BCUT2D eigenvalue weighted by Crippen LogP contribution is 2.30. The zero-order valence-electron chi connectivity index (χ0n) is 11.7. The summed E-state index contributed by atoms with van der Waals surface area (Å²) in [7, 11) is 3.23. The molecule has 106 valence electrons. The number of hydrogen-bond acceptors (Lipinski definition) is 4. The second-order valence-corrected chi connectivity index (χ2v) is 4.25. The van der Waals surface area contributed by atoms with Crippen LogP contribution in [0.25, 0.3) is 0 Å². The number of carbonyl (C=O) groups is 1. The number of hydrogen-bond donors (Lipinski definition) is 2. The fraction of sp³-hybridized carbons (Fsp3) is 0.500. The van der Waals surface area contributed by atoms with E-state index in [-0.39, 0.29) is 11.9 Å². The van der Waals surface area contributed by atoms with Crippen molar-refractivity contribution in [2.75, 3.05) is 20.8 Å². The van der Waals surface area contributed by atoms with Crippen molar-refractivity contribution in [2.45, 2.75) is 25.8 Å². The number of ether oxygens (including phenoxy) is 2. The van der Waals surface area contributed by atoms with E-state index in [2.05, 4.69) is 12.2 Å². The zero-order valence-corrected chi connectivity index (χ0v) is 11.7. The van der Waals surface area contributed by atoms with Gasteiger partial charge in [-0.3, -0.25) is 4.79 Å². The Hall–Kier alpha value is -1.75. The molecular formula is C14H22N2O3. The highest BCUT2D eigenvalue weighted by molar-refractivity contribution is 5.73. The Morgan fingerprint density at radius 2 is 2.00 bits per heavy atom. The number of methoxy groups -OCH3 is 2. The molecule has 0 bridgehead atoms. The van der Waals surface area contributed by atoms with Crippen LogP contribution in [0.4, 0.5) is 0 Å². The molecule has 5 heteroatoms. The van der Waals surface area contributed by atoms with Crippen LogP contribution < -0.4 is 20.5 Å². The van der Waals surface area contributed by atoms with E-state index in [1.54, 1.807) is 14.2 Å². The molecule has 0 radical (unpaired) electrons. The molecule has 1 unspecified atom stereocenters. The lowest BCUT2D eigenvalue weighted by Crippen LogP contribution is -2.25. The number of benzene rings is 1. The van der Waals surface area contributed by atoms with Gasteiger partial charge < -0.3 is 20.5 Å². The normalized spacial score (nSPS) is 11.9. The second kappa shape index (κ2) is 7.63. The molecule has 3 N–H and O–H groups in total. The van der Waals surface area contributed by atoms with Crippen molar-refractivity contribution in [3.8, 4) is 11.5 Å². The van der Waals surface area contributed by atoms with Crippen molar-refractivity contribution in [3.05, 3.63) is 23.8 Å². The molecule has 0 saturated heterocycles. The van der Waals surface area contributed by atoms with Crippen LogP contribution in [0.2, 0.25) is 0 Å². The minimum atomic E-state index is -0.297. The van der Waals surface area contributed by atoms with Crippen LogP contribution in [0.1, 0.15) is 31.4 Å². The summed E-state index contributed by atoms with van der Waals surface area (Å²) in [4.78, 5) is 10.7. The minimum absolute atomic E-state index is 0.166. The first-order valence-electron chi connectivity index (χ1n) is 6.36. The maximum absolute atomic E-state index is 10.7. The molecule has 0 aliphatic heterocycles. The Bertz CT molecular complexity index is 421. The first-order chi connectivity index (χ1) is 9.12. The van der Waals surface area contributed by atoms with Crippen LogP contribution in [0.15, 0.2) is 18.2 Å². The maximum atomic E-state index is 10.7. The molecule has 0 aliphatic rings. The van der Waals surface area contributed by atoms with Gasteiger partial charge in [0.15, 0.2) is 11.5 Å². The van der Waals surface area contributed by atoms with Gasteiger partial charge in [0.2, 0.25) is 5.91 Å². The molecule has 0 aliphatic carbocycles. The van der Waals surface area contributed by atoms with Crippen molar-refractivity contribution < 1.29 is 14.3 Å². The number of nitrogens with one attached hydrogen (secondary N) is 1. The molecule has 5 nitrogen and oxygen atoms in total. The maximum Gasteiger partial charge on any atom is 0.218 e. The highest BCUT2D eigenvalue weighted by atomic mass is 16.5. The van der Waals surface area contributed by atoms with Crippen LogP contribution in [-0.4, -0.2) is 26.7 Å². The summed E-state index contributed by atoms with van der Waals surface area (Å²) in [6.07, 6.45) is 1.25. The number of rotatable bonds is 8. The topological polar surface area (TPSA) is 73.6 Å². The van der Waals surface area contributed by atoms with Crippen LogP contribution in [0.5, 0.6) is 11.5 Å². The average molecular weight is 266 g/mol. The Labute approximate surface area is 114 Å². The molecule has 1 aromatic rings. The van der Waals surface area contributed by atoms with Gasteiger partial charge in [0.1, 0.15) is 0 Å². The Morgan fingerprint density at radius 3 is 2.53 bits per heavy atom. The molecule has 0 spiro atoms. The van der Waals surface area contributed by atoms with Crippen LogP contribution in [-0.2, 0) is 4.79 Å². The third-order valence-electron chi connectivity index (χ3n) is 2.98. The summed E-state index contributed by atoms with van der Waals surface area (Å²) in [5, 5.41) is 3.31. The van der Waals surface area contributed by atoms with Gasteiger partial charge in [-0.1, -0.05) is 13.0 Å². The lowest BCUT2D eigenvalue weighted by Gasteiger charge is -2.18. The van der Waals surface area contributed by atoms with Gasteiger partial charge >= 0.3 is 0 Å². The lowest BCUT2D eigenvalue weighted by atomic mass is 10.0. The largest absolute Gasteiger partial charge is 0.493 e. The zero-order chi connectivity index (χ0) is 14.3. The summed E-state index contributed by atoms with van der Waals surface area (Å²) in [6.45, 7) is 2.65. The molecule has 0 fully saturated rings. The quantitative estimate of drug-likeness (QED) is 0.750. The molecule has 0 aromatic heterocycles. The Kier molecular flexibility index (Phi) is 6.15. The number of primary amides is 1. The standard InChI is InChI=1S/C14H22N2O3/c1-4-11(16-8-7-14(15)17)10-5-6-12(18-2)13(9-10)19-3/h5-6,9,11,16H,4,7-8H2,1-3H3,(H2,15,17). The van der Waals surface area contributed by atoms with Gasteiger partial charge in [-0.2, -0.15) is 0 Å². The Morgan fingerprint density at radius 1 is 1.32 bits per heavy atom. The third kappa shape index (κ3) is 4.44. The van der Waals surface area contributed by atoms with Gasteiger partial charge in [-0.25, -0.2) is 0 Å². The van der Waals surface area contributed by atoms with E-state index < -0.39 is 0 Å². The molecular weight excluding hydrogens is 244 g/mol. The van der Waals surface area contributed by atoms with Crippen molar-refractivity contribution in [1.82, 2.24) is 5.32 Å². The van der Waals surface area contributed by atoms with Gasteiger partial charge in [0, 0.05) is 19.0 Å². The number of carbonyl (C=O) groups excluding carboxylic acids is 1. The van der Waals surface area contributed by atoms with E-state index in [4.69, 9.17) is 15.2 Å². The van der Waals surface area contributed by atoms with Crippen molar-refractivity contribution >= 4 is 5.91 Å². The van der Waals surface area contributed by atoms with Crippen LogP contribution in [0.3, 0.4) is 0 Å². The highest BCUT2D eigenvalue weighted by Gasteiger charge is 2.12. The van der Waals surface area contributed by atoms with Crippen molar-refractivity contribution in [1.29, 1.82) is 0 Å². The average Bonchev–Trinajstić information content (AvgIpc) is 2.42. The molecule has 1 rings (SSSR count). The van der Waals surface area contributed by atoms with E-state index in [0.29, 0.717) is 24.5 Å². The van der Waals surface area contributed by atoms with Crippen molar-refractivity contribution in [3.63, 3.8) is 0 Å². The Balaban J connectivity index is 2.77. The predicted octanol–water partition coefficient (Wildman–Crippen LogP) is 1.62. The number of nitrogens with two attached hydrogens (primary N) is 1. The SMILES string of the molecule is CCC(NCCC(N)=O)c1ccc(OC)c(OC)c1. The van der Waals surface area contributed by atoms with Crippen LogP contribution >= 0.6 is 0 Å². The van der Waals surface area contributed by atoms with Crippen molar-refractivity contribution in [2.24, 2.45) is 5.73 Å². The predicted molar refractivity (Wildman–Crippen MR) is 74.4 cm³/mol. The smallest absolute Gasteiger partial charge is 0.218 e. The summed E-state index contributed by atoms with van der Waals surface area (Å²) >= 11 is 0. The van der Waals surface area contributed by atoms with E-state index in [9.17, 15) is 4.79 Å².